The number of aromatic nitrogens is 6. The zero-order valence-corrected chi connectivity index (χ0v) is 21.8. The molecule has 0 atom stereocenters. The molecule has 0 saturated carbocycles. The summed E-state index contributed by atoms with van der Waals surface area (Å²) >= 11 is 12.6. The minimum absolute atomic E-state index is 0.0215. The molecule has 0 aliphatic rings. The Bertz CT molecular complexity index is 1750. The number of halogens is 5. The van der Waals surface area contributed by atoms with Crippen LogP contribution in [-0.2, 0) is 19.8 Å². The number of fused-ring (bicyclic) bond motifs is 1. The van der Waals surface area contributed by atoms with Crippen molar-refractivity contribution in [2.75, 3.05) is 5.32 Å². The first-order chi connectivity index (χ1) is 18.5. The van der Waals surface area contributed by atoms with Crippen LogP contribution < -0.4 is 15.6 Å². The van der Waals surface area contributed by atoms with Crippen LogP contribution in [0.5, 0.6) is 11.8 Å². The van der Waals surface area contributed by atoms with Crippen LogP contribution in [-0.4, -0.2) is 29.3 Å². The van der Waals surface area contributed by atoms with Gasteiger partial charge >= 0.3 is 6.18 Å². The molecule has 5 aromatic rings. The monoisotopic (exact) mass is 575 g/mol. The number of pyridine rings is 2. The van der Waals surface area contributed by atoms with Crippen LogP contribution in [0.2, 0.25) is 10.0 Å². The molecule has 0 spiro atoms. The standard InChI is InChI=1S/C25H18Cl2F3N7O2/c1-3-37-8-7-19(35-37)39-22-16(25(28,29)30)10-14(12-31-22)33-24-32-11-13-9-15(23(38)36(2)21(13)34-24)20-17(26)5-4-6-18(20)27/h4-12H,3H2,1-2H3,(H,32,33,34). The topological polar surface area (TPSA) is 99.8 Å². The van der Waals surface area contributed by atoms with Crippen molar-refractivity contribution in [1.29, 1.82) is 0 Å². The average Bonchev–Trinajstić information content (AvgIpc) is 3.35. The number of ether oxygens (including phenoxy) is 1. The van der Waals surface area contributed by atoms with Gasteiger partial charge in [-0.05, 0) is 31.2 Å². The third-order valence-electron chi connectivity index (χ3n) is 5.73. The second-order valence-electron chi connectivity index (χ2n) is 8.30. The number of aryl methyl sites for hydroxylation is 2. The van der Waals surface area contributed by atoms with E-state index in [1.54, 1.807) is 30.5 Å². The van der Waals surface area contributed by atoms with E-state index < -0.39 is 23.2 Å². The Morgan fingerprint density at radius 1 is 1.08 bits per heavy atom. The summed E-state index contributed by atoms with van der Waals surface area (Å²) < 4.78 is 49.5. The Morgan fingerprint density at radius 2 is 1.82 bits per heavy atom. The summed E-state index contributed by atoms with van der Waals surface area (Å²) in [5.41, 5.74) is -0.719. The lowest BCUT2D eigenvalue weighted by atomic mass is 10.1. The minimum atomic E-state index is -4.77. The lowest BCUT2D eigenvalue weighted by molar-refractivity contribution is -0.138. The normalized spacial score (nSPS) is 11.7. The van der Waals surface area contributed by atoms with E-state index in [0.29, 0.717) is 27.5 Å². The number of alkyl halides is 3. The molecule has 4 aromatic heterocycles. The second-order valence-corrected chi connectivity index (χ2v) is 9.12. The Hall–Kier alpha value is -4.16. The molecule has 4 heterocycles. The molecule has 1 N–H and O–H groups in total. The van der Waals surface area contributed by atoms with Crippen molar-refractivity contribution >= 4 is 45.9 Å². The van der Waals surface area contributed by atoms with E-state index in [4.69, 9.17) is 27.9 Å². The van der Waals surface area contributed by atoms with Gasteiger partial charge in [0.15, 0.2) is 0 Å². The van der Waals surface area contributed by atoms with E-state index in [2.05, 4.69) is 25.4 Å². The van der Waals surface area contributed by atoms with Crippen LogP contribution in [0.15, 0.2) is 59.8 Å². The third kappa shape index (κ3) is 5.25. The summed E-state index contributed by atoms with van der Waals surface area (Å²) in [7, 11) is 1.50. The zero-order chi connectivity index (χ0) is 27.9. The second kappa shape index (κ2) is 10.2. The van der Waals surface area contributed by atoms with Crippen molar-refractivity contribution in [3.05, 3.63) is 81.0 Å². The molecular weight excluding hydrogens is 558 g/mol. The summed E-state index contributed by atoms with van der Waals surface area (Å²) in [4.78, 5) is 25.5. The number of hydrogen-bond donors (Lipinski definition) is 1. The van der Waals surface area contributed by atoms with Gasteiger partial charge in [-0.3, -0.25) is 14.0 Å². The maximum atomic E-state index is 13.8. The number of anilines is 2. The first-order valence-corrected chi connectivity index (χ1v) is 12.2. The van der Waals surface area contributed by atoms with E-state index in [1.807, 2.05) is 6.92 Å². The SMILES string of the molecule is CCn1ccc(Oc2ncc(Nc3ncc4cc(-c5c(Cl)cccc5Cl)c(=O)n(C)c4n3)cc2C(F)(F)F)n1. The van der Waals surface area contributed by atoms with Crippen LogP contribution in [0, 0.1) is 0 Å². The van der Waals surface area contributed by atoms with E-state index in [-0.39, 0.29) is 28.7 Å². The van der Waals surface area contributed by atoms with E-state index >= 15 is 0 Å². The molecule has 0 unspecified atom stereocenters. The molecule has 0 saturated heterocycles. The molecule has 0 aliphatic heterocycles. The molecule has 5 rings (SSSR count). The van der Waals surface area contributed by atoms with Crippen molar-refractivity contribution in [3.8, 4) is 22.9 Å². The number of benzene rings is 1. The van der Waals surface area contributed by atoms with E-state index in [1.165, 1.54) is 28.6 Å². The van der Waals surface area contributed by atoms with Crippen LogP contribution >= 0.6 is 23.2 Å². The van der Waals surface area contributed by atoms with Gasteiger partial charge in [0.25, 0.3) is 5.56 Å². The Morgan fingerprint density at radius 3 is 2.49 bits per heavy atom. The van der Waals surface area contributed by atoms with Crippen molar-refractivity contribution in [3.63, 3.8) is 0 Å². The Labute approximate surface area is 228 Å². The summed E-state index contributed by atoms with van der Waals surface area (Å²) in [5, 5.41) is 7.82. The zero-order valence-electron chi connectivity index (χ0n) is 20.3. The van der Waals surface area contributed by atoms with Gasteiger partial charge in [-0.15, -0.1) is 5.10 Å². The lowest BCUT2D eigenvalue weighted by Crippen LogP contribution is -2.20. The van der Waals surface area contributed by atoms with Crippen molar-refractivity contribution < 1.29 is 17.9 Å². The molecule has 9 nitrogen and oxygen atoms in total. The Kier molecular flexibility index (Phi) is 6.91. The fourth-order valence-corrected chi connectivity index (χ4v) is 4.45. The molecule has 200 valence electrons. The van der Waals surface area contributed by atoms with E-state index in [9.17, 15) is 18.0 Å². The fraction of sp³-hybridized carbons (Fsp3) is 0.160. The highest BCUT2D eigenvalue weighted by atomic mass is 35.5. The summed E-state index contributed by atoms with van der Waals surface area (Å²) in [5.74, 6) is -0.722. The minimum Gasteiger partial charge on any atom is -0.418 e. The predicted molar refractivity (Wildman–Crippen MR) is 141 cm³/mol. The van der Waals surface area contributed by atoms with Gasteiger partial charge in [0.2, 0.25) is 17.7 Å². The fourth-order valence-electron chi connectivity index (χ4n) is 3.85. The number of rotatable bonds is 6. The highest BCUT2D eigenvalue weighted by molar-refractivity contribution is 6.39. The van der Waals surface area contributed by atoms with Gasteiger partial charge in [-0.25, -0.2) is 9.97 Å². The van der Waals surface area contributed by atoms with Crippen LogP contribution in [0.25, 0.3) is 22.2 Å². The highest BCUT2D eigenvalue weighted by Crippen LogP contribution is 2.38. The first-order valence-electron chi connectivity index (χ1n) is 11.4. The number of nitrogens with one attached hydrogen (secondary N) is 1. The summed E-state index contributed by atoms with van der Waals surface area (Å²) in [6, 6.07) is 8.73. The molecule has 1 aromatic carbocycles. The van der Waals surface area contributed by atoms with Gasteiger partial charge in [-0.1, -0.05) is 29.3 Å². The molecule has 39 heavy (non-hydrogen) atoms. The third-order valence-corrected chi connectivity index (χ3v) is 6.36. The molecule has 0 aliphatic carbocycles. The molecule has 0 fully saturated rings. The van der Waals surface area contributed by atoms with Gasteiger partial charge < -0.3 is 10.1 Å². The van der Waals surface area contributed by atoms with Gasteiger partial charge in [0, 0.05) is 43.0 Å². The smallest absolute Gasteiger partial charge is 0.418 e. The van der Waals surface area contributed by atoms with Crippen LogP contribution in [0.3, 0.4) is 0 Å². The molecular formula is C25H18Cl2F3N7O2. The highest BCUT2D eigenvalue weighted by Gasteiger charge is 2.36. The van der Waals surface area contributed by atoms with Crippen molar-refractivity contribution in [1.82, 2.24) is 29.3 Å². The van der Waals surface area contributed by atoms with Crippen molar-refractivity contribution in [2.24, 2.45) is 7.05 Å². The van der Waals surface area contributed by atoms with Gasteiger partial charge in [-0.2, -0.15) is 18.2 Å². The molecule has 0 amide bonds. The first kappa shape index (κ1) is 26.4. The largest absolute Gasteiger partial charge is 0.421 e. The number of hydrogen-bond acceptors (Lipinski definition) is 7. The number of nitrogens with zero attached hydrogens (tertiary/aromatic N) is 6. The predicted octanol–water partition coefficient (Wildman–Crippen LogP) is 6.47. The Balaban J connectivity index is 1.49. The van der Waals surface area contributed by atoms with Crippen LogP contribution in [0.4, 0.5) is 24.8 Å². The van der Waals surface area contributed by atoms with Gasteiger partial charge in [0.05, 0.1) is 27.5 Å². The van der Waals surface area contributed by atoms with E-state index in [0.717, 1.165) is 12.3 Å². The van der Waals surface area contributed by atoms with Crippen molar-refractivity contribution in [2.45, 2.75) is 19.6 Å². The van der Waals surface area contributed by atoms with Gasteiger partial charge in [0.1, 0.15) is 11.2 Å². The summed E-state index contributed by atoms with van der Waals surface area (Å²) in [6.45, 7) is 2.36. The lowest BCUT2D eigenvalue weighted by Gasteiger charge is -2.14. The molecule has 0 bridgehead atoms. The average molecular weight is 576 g/mol. The molecule has 14 heteroatoms. The maximum Gasteiger partial charge on any atom is 0.421 e. The molecule has 0 radical (unpaired) electrons. The quantitative estimate of drug-likeness (QED) is 0.247. The maximum absolute atomic E-state index is 13.8. The summed E-state index contributed by atoms with van der Waals surface area (Å²) in [6.07, 6.45) is -0.610. The van der Waals surface area contributed by atoms with Crippen LogP contribution in [0.1, 0.15) is 12.5 Å².